The van der Waals surface area contributed by atoms with Gasteiger partial charge in [-0.3, -0.25) is 9.59 Å². The highest BCUT2D eigenvalue weighted by Gasteiger charge is 2.44. The van der Waals surface area contributed by atoms with Crippen molar-refractivity contribution in [2.24, 2.45) is 0 Å². The summed E-state index contributed by atoms with van der Waals surface area (Å²) in [5.74, 6) is -1.02. The SMILES string of the molecule is CCOc1cc([C@H]2C(C(=O)c3ccc(C)o3)=C(O)C(=O)N2CCc2ccccc2)ccc1O. The lowest BCUT2D eigenvalue weighted by Crippen LogP contribution is -2.33. The molecule has 0 radical (unpaired) electrons. The summed E-state index contributed by atoms with van der Waals surface area (Å²) >= 11 is 0. The normalized spacial score (nSPS) is 15.9. The summed E-state index contributed by atoms with van der Waals surface area (Å²) in [6.45, 7) is 4.10. The number of amides is 1. The van der Waals surface area contributed by atoms with Crippen LogP contribution < -0.4 is 4.74 Å². The van der Waals surface area contributed by atoms with Crippen molar-refractivity contribution in [3.63, 3.8) is 0 Å². The first-order valence-corrected chi connectivity index (χ1v) is 10.8. The maximum absolute atomic E-state index is 13.3. The second-order valence-corrected chi connectivity index (χ2v) is 7.80. The molecule has 1 amide bonds. The Morgan fingerprint density at radius 3 is 2.52 bits per heavy atom. The van der Waals surface area contributed by atoms with E-state index in [0.717, 1.165) is 5.56 Å². The molecule has 7 nitrogen and oxygen atoms in total. The van der Waals surface area contributed by atoms with Crippen LogP contribution in [0.5, 0.6) is 11.5 Å². The van der Waals surface area contributed by atoms with E-state index >= 15 is 0 Å². The third kappa shape index (κ3) is 4.35. The zero-order valence-electron chi connectivity index (χ0n) is 18.4. The molecule has 1 aromatic heterocycles. The fourth-order valence-electron chi connectivity index (χ4n) is 4.02. The number of ether oxygens (including phenoxy) is 1. The van der Waals surface area contributed by atoms with E-state index in [9.17, 15) is 19.8 Å². The number of phenolic OH excluding ortho intramolecular Hbond substituents is 1. The molecule has 1 aliphatic heterocycles. The van der Waals surface area contributed by atoms with Crippen molar-refractivity contribution in [1.29, 1.82) is 0 Å². The summed E-state index contributed by atoms with van der Waals surface area (Å²) in [5.41, 5.74) is 1.49. The molecular weight excluding hydrogens is 422 g/mol. The third-order valence-corrected chi connectivity index (χ3v) is 5.60. The largest absolute Gasteiger partial charge is 0.504 e. The number of carbonyl (C=O) groups excluding carboxylic acids is 2. The highest BCUT2D eigenvalue weighted by molar-refractivity contribution is 6.15. The molecule has 1 aliphatic rings. The minimum absolute atomic E-state index is 0.0422. The van der Waals surface area contributed by atoms with Crippen molar-refractivity contribution in [2.45, 2.75) is 26.3 Å². The van der Waals surface area contributed by atoms with E-state index in [2.05, 4.69) is 0 Å². The van der Waals surface area contributed by atoms with E-state index in [4.69, 9.17) is 9.15 Å². The molecule has 0 saturated heterocycles. The van der Waals surface area contributed by atoms with Crippen molar-refractivity contribution in [3.05, 3.63) is 94.6 Å². The molecular formula is C26H25NO6. The number of hydrogen-bond acceptors (Lipinski definition) is 6. The van der Waals surface area contributed by atoms with Gasteiger partial charge in [0.25, 0.3) is 5.91 Å². The lowest BCUT2D eigenvalue weighted by atomic mass is 9.94. The Bertz CT molecular complexity index is 1210. The molecule has 7 heteroatoms. The number of ketones is 1. The van der Waals surface area contributed by atoms with Crippen LogP contribution in [0.15, 0.2) is 76.4 Å². The zero-order valence-corrected chi connectivity index (χ0v) is 18.4. The fraction of sp³-hybridized carbons (Fsp3) is 0.231. The number of nitrogens with zero attached hydrogens (tertiary/aromatic N) is 1. The molecule has 3 aromatic rings. The van der Waals surface area contributed by atoms with Crippen molar-refractivity contribution < 1.29 is 29.0 Å². The van der Waals surface area contributed by atoms with E-state index in [1.807, 2.05) is 30.3 Å². The molecule has 4 rings (SSSR count). The minimum atomic E-state index is -0.862. The number of Topliss-reactive ketones (excluding diaryl/α,β-unsaturated/α-hetero) is 1. The first kappa shape index (κ1) is 22.2. The van der Waals surface area contributed by atoms with Gasteiger partial charge in [-0.15, -0.1) is 0 Å². The summed E-state index contributed by atoms with van der Waals surface area (Å²) in [5, 5.41) is 20.9. The predicted molar refractivity (Wildman–Crippen MR) is 121 cm³/mol. The van der Waals surface area contributed by atoms with Crippen LogP contribution in [0.4, 0.5) is 0 Å². The van der Waals surface area contributed by atoms with Crippen LogP contribution in [0.25, 0.3) is 0 Å². The monoisotopic (exact) mass is 447 g/mol. The number of aliphatic hydroxyl groups is 1. The number of furan rings is 1. The maximum Gasteiger partial charge on any atom is 0.290 e. The summed E-state index contributed by atoms with van der Waals surface area (Å²) in [6.07, 6.45) is 0.536. The van der Waals surface area contributed by atoms with Crippen LogP contribution in [0.1, 0.15) is 40.4 Å². The molecule has 0 aliphatic carbocycles. The highest BCUT2D eigenvalue weighted by atomic mass is 16.5. The van der Waals surface area contributed by atoms with Gasteiger partial charge in [0.15, 0.2) is 23.0 Å². The molecule has 170 valence electrons. The third-order valence-electron chi connectivity index (χ3n) is 5.60. The van der Waals surface area contributed by atoms with Gasteiger partial charge >= 0.3 is 0 Å². The molecule has 2 aromatic carbocycles. The number of hydrogen-bond donors (Lipinski definition) is 2. The second kappa shape index (κ2) is 9.24. The van der Waals surface area contributed by atoms with Gasteiger partial charge in [-0.2, -0.15) is 0 Å². The maximum atomic E-state index is 13.3. The Labute approximate surface area is 191 Å². The van der Waals surface area contributed by atoms with Gasteiger partial charge in [0.05, 0.1) is 18.2 Å². The van der Waals surface area contributed by atoms with E-state index in [1.165, 1.54) is 17.0 Å². The summed E-state index contributed by atoms with van der Waals surface area (Å²) in [4.78, 5) is 27.9. The van der Waals surface area contributed by atoms with Gasteiger partial charge in [0.2, 0.25) is 5.78 Å². The first-order valence-electron chi connectivity index (χ1n) is 10.8. The number of aromatic hydroxyl groups is 1. The minimum Gasteiger partial charge on any atom is -0.504 e. The average Bonchev–Trinajstić information content (AvgIpc) is 3.36. The van der Waals surface area contributed by atoms with Gasteiger partial charge in [0.1, 0.15) is 5.76 Å². The quantitative estimate of drug-likeness (QED) is 0.493. The molecule has 1 atom stereocenters. The highest BCUT2D eigenvalue weighted by Crippen LogP contribution is 2.41. The number of benzene rings is 2. The Balaban J connectivity index is 1.76. The van der Waals surface area contributed by atoms with Gasteiger partial charge in [-0.25, -0.2) is 0 Å². The number of phenols is 1. The summed E-state index contributed by atoms with van der Waals surface area (Å²) in [7, 11) is 0. The molecule has 0 fully saturated rings. The van der Waals surface area contributed by atoms with Crippen molar-refractivity contribution in [3.8, 4) is 11.5 Å². The Kier molecular flexibility index (Phi) is 6.22. The fourth-order valence-corrected chi connectivity index (χ4v) is 4.02. The molecule has 2 N–H and O–H groups in total. The smallest absolute Gasteiger partial charge is 0.290 e. The van der Waals surface area contributed by atoms with Crippen LogP contribution in [0.2, 0.25) is 0 Å². The number of aliphatic hydroxyl groups excluding tert-OH is 1. The summed E-state index contributed by atoms with van der Waals surface area (Å²) in [6, 6.07) is 16.6. The van der Waals surface area contributed by atoms with E-state index in [0.29, 0.717) is 24.4 Å². The Morgan fingerprint density at radius 2 is 1.85 bits per heavy atom. The standard InChI is InChI=1S/C26H25NO6/c1-3-32-21-15-18(10-11-19(21)28)23-22(24(29)20-12-9-16(2)33-20)25(30)26(31)27(23)14-13-17-7-5-4-6-8-17/h4-12,15,23,28,30H,3,13-14H2,1-2H3/t23-/m0/s1. The van der Waals surface area contributed by atoms with Gasteiger partial charge in [-0.05, 0) is 55.7 Å². The van der Waals surface area contributed by atoms with E-state index < -0.39 is 23.5 Å². The van der Waals surface area contributed by atoms with Crippen LogP contribution in [0, 0.1) is 6.92 Å². The van der Waals surface area contributed by atoms with Crippen molar-refractivity contribution in [1.82, 2.24) is 4.90 Å². The molecule has 0 unspecified atom stereocenters. The van der Waals surface area contributed by atoms with Gasteiger partial charge in [0, 0.05) is 6.54 Å². The topological polar surface area (TPSA) is 100 Å². The van der Waals surface area contributed by atoms with Crippen LogP contribution in [-0.2, 0) is 11.2 Å². The molecule has 33 heavy (non-hydrogen) atoms. The second-order valence-electron chi connectivity index (χ2n) is 7.80. The van der Waals surface area contributed by atoms with E-state index in [-0.39, 0.29) is 29.4 Å². The predicted octanol–water partition coefficient (Wildman–Crippen LogP) is 4.51. The lowest BCUT2D eigenvalue weighted by Gasteiger charge is -2.27. The Hall–Kier alpha value is -4.00. The summed E-state index contributed by atoms with van der Waals surface area (Å²) < 4.78 is 11.0. The van der Waals surface area contributed by atoms with Crippen molar-refractivity contribution in [2.75, 3.05) is 13.2 Å². The van der Waals surface area contributed by atoms with Crippen LogP contribution >= 0.6 is 0 Å². The number of rotatable bonds is 8. The molecule has 0 saturated carbocycles. The van der Waals surface area contributed by atoms with Gasteiger partial charge in [-0.1, -0.05) is 36.4 Å². The molecule has 2 heterocycles. The number of carbonyl (C=O) groups is 2. The number of aryl methyl sites for hydroxylation is 1. The molecule has 0 bridgehead atoms. The van der Waals surface area contributed by atoms with Gasteiger partial charge < -0.3 is 24.3 Å². The Morgan fingerprint density at radius 1 is 1.09 bits per heavy atom. The lowest BCUT2D eigenvalue weighted by molar-refractivity contribution is -0.129. The zero-order chi connectivity index (χ0) is 23.5. The first-order chi connectivity index (χ1) is 15.9. The van der Waals surface area contributed by atoms with Crippen LogP contribution in [0.3, 0.4) is 0 Å². The van der Waals surface area contributed by atoms with Crippen molar-refractivity contribution >= 4 is 11.7 Å². The van der Waals surface area contributed by atoms with Crippen LogP contribution in [-0.4, -0.2) is 40.0 Å². The van der Waals surface area contributed by atoms with E-state index in [1.54, 1.807) is 32.0 Å². The average molecular weight is 447 g/mol. The molecule has 0 spiro atoms.